The molecule has 206 valence electrons. The van der Waals surface area contributed by atoms with Gasteiger partial charge in [-0.15, -0.1) is 0 Å². The number of rotatable bonds is 5. The molecular formula is C31H35N7O2. The van der Waals surface area contributed by atoms with E-state index in [-0.39, 0.29) is 17.9 Å². The summed E-state index contributed by atoms with van der Waals surface area (Å²) >= 11 is 0. The first kappa shape index (κ1) is 26.2. The molecule has 0 unspecified atom stereocenters. The molecule has 40 heavy (non-hydrogen) atoms. The van der Waals surface area contributed by atoms with E-state index in [1.807, 2.05) is 31.5 Å². The lowest BCUT2D eigenvalue weighted by Gasteiger charge is -2.40. The van der Waals surface area contributed by atoms with E-state index in [0.717, 1.165) is 48.2 Å². The zero-order valence-electron chi connectivity index (χ0n) is 22.6. The topological polar surface area (TPSA) is 120 Å². The van der Waals surface area contributed by atoms with Crippen molar-refractivity contribution in [1.82, 2.24) is 15.0 Å². The van der Waals surface area contributed by atoms with Crippen molar-refractivity contribution in [2.24, 2.45) is 11.7 Å². The number of amides is 1. The van der Waals surface area contributed by atoms with Crippen molar-refractivity contribution in [1.29, 1.82) is 0 Å². The van der Waals surface area contributed by atoms with Crippen molar-refractivity contribution in [3.63, 3.8) is 0 Å². The number of aliphatic hydroxyl groups is 1. The van der Waals surface area contributed by atoms with Crippen LogP contribution < -0.4 is 20.9 Å². The van der Waals surface area contributed by atoms with Crippen LogP contribution in [0, 0.1) is 5.92 Å². The number of aliphatic hydroxyl groups excluding tert-OH is 1. The maximum absolute atomic E-state index is 13.3. The van der Waals surface area contributed by atoms with Crippen molar-refractivity contribution in [2.45, 2.75) is 37.8 Å². The number of nitrogens with zero attached hydrogens (tertiary/aromatic N) is 5. The Bertz CT molecular complexity index is 1480. The van der Waals surface area contributed by atoms with Crippen LogP contribution in [0.3, 0.4) is 0 Å². The monoisotopic (exact) mass is 537 g/mol. The molecule has 9 heteroatoms. The normalized spacial score (nSPS) is 21.9. The molecule has 0 saturated carbocycles. The maximum Gasteiger partial charge on any atom is 0.274 e. The minimum atomic E-state index is -0.546. The second-order valence-electron chi connectivity index (χ2n) is 11.0. The number of anilines is 3. The van der Waals surface area contributed by atoms with Crippen molar-refractivity contribution < 1.29 is 9.90 Å². The molecule has 4 N–H and O–H groups in total. The molecule has 5 heterocycles. The van der Waals surface area contributed by atoms with Gasteiger partial charge in [0.2, 0.25) is 0 Å². The molecule has 0 bridgehead atoms. The Morgan fingerprint density at radius 2 is 1.73 bits per heavy atom. The average molecular weight is 538 g/mol. The number of aromatic nitrogens is 3. The number of hydrogen-bond donors (Lipinski definition) is 3. The molecule has 2 fully saturated rings. The van der Waals surface area contributed by atoms with Crippen LogP contribution >= 0.6 is 0 Å². The Morgan fingerprint density at radius 3 is 2.50 bits per heavy atom. The van der Waals surface area contributed by atoms with E-state index in [2.05, 4.69) is 55.4 Å². The predicted molar refractivity (Wildman–Crippen MR) is 158 cm³/mol. The molecular weight excluding hydrogens is 502 g/mol. The number of benzene rings is 1. The summed E-state index contributed by atoms with van der Waals surface area (Å²) in [5.74, 6) is 0.270. The second-order valence-corrected chi connectivity index (χ2v) is 11.0. The number of nitrogens with one attached hydrogen (secondary N) is 1. The molecule has 0 aliphatic carbocycles. The van der Waals surface area contributed by atoms with Crippen LogP contribution in [0.1, 0.15) is 41.7 Å². The molecule has 4 aromatic rings. The summed E-state index contributed by atoms with van der Waals surface area (Å²) in [7, 11) is 0. The molecule has 2 saturated heterocycles. The van der Waals surface area contributed by atoms with Crippen molar-refractivity contribution in [2.75, 3.05) is 41.3 Å². The summed E-state index contributed by atoms with van der Waals surface area (Å²) in [6.45, 7) is 5.05. The molecule has 2 aliphatic heterocycles. The Kier molecular flexibility index (Phi) is 7.32. The van der Waals surface area contributed by atoms with Gasteiger partial charge >= 0.3 is 0 Å². The second kappa shape index (κ2) is 11.2. The lowest BCUT2D eigenvalue weighted by atomic mass is 9.90. The molecule has 3 atom stereocenters. The van der Waals surface area contributed by atoms with Crippen LogP contribution in [0.4, 0.5) is 17.1 Å². The maximum atomic E-state index is 13.3. The van der Waals surface area contributed by atoms with Crippen LogP contribution in [0.2, 0.25) is 0 Å². The van der Waals surface area contributed by atoms with Gasteiger partial charge in [0.25, 0.3) is 5.91 Å². The number of hydrogen-bond acceptors (Lipinski definition) is 8. The van der Waals surface area contributed by atoms with E-state index < -0.39 is 6.10 Å². The zero-order valence-corrected chi connectivity index (χ0v) is 22.6. The molecule has 1 aromatic carbocycles. The fourth-order valence-electron chi connectivity index (χ4n) is 5.99. The number of pyridine rings is 3. The third-order valence-electron chi connectivity index (χ3n) is 8.29. The molecule has 3 aromatic heterocycles. The van der Waals surface area contributed by atoms with Gasteiger partial charge in [-0.25, -0.2) is 4.98 Å². The van der Waals surface area contributed by atoms with Crippen molar-refractivity contribution >= 4 is 33.9 Å². The minimum absolute atomic E-state index is 0.0123. The summed E-state index contributed by atoms with van der Waals surface area (Å²) in [5.41, 5.74) is 11.2. The van der Waals surface area contributed by atoms with Gasteiger partial charge in [-0.1, -0.05) is 19.1 Å². The van der Waals surface area contributed by atoms with Crippen LogP contribution in [0.5, 0.6) is 0 Å². The summed E-state index contributed by atoms with van der Waals surface area (Å²) < 4.78 is 0. The van der Waals surface area contributed by atoms with Gasteiger partial charge in [0.1, 0.15) is 5.69 Å². The highest BCUT2D eigenvalue weighted by Gasteiger charge is 2.32. The first-order valence-corrected chi connectivity index (χ1v) is 14.0. The van der Waals surface area contributed by atoms with Crippen LogP contribution in [0.25, 0.3) is 10.9 Å². The smallest absolute Gasteiger partial charge is 0.274 e. The van der Waals surface area contributed by atoms with E-state index in [1.54, 1.807) is 18.5 Å². The van der Waals surface area contributed by atoms with E-state index >= 15 is 0 Å². The van der Waals surface area contributed by atoms with Gasteiger partial charge < -0.3 is 26.0 Å². The highest BCUT2D eigenvalue weighted by Crippen LogP contribution is 2.32. The van der Waals surface area contributed by atoms with E-state index in [4.69, 9.17) is 10.7 Å². The largest absolute Gasteiger partial charge is 0.391 e. The molecule has 6 rings (SSSR count). The van der Waals surface area contributed by atoms with Crippen LogP contribution in [-0.2, 0) is 0 Å². The Morgan fingerprint density at radius 1 is 0.975 bits per heavy atom. The highest BCUT2D eigenvalue weighted by atomic mass is 16.3. The lowest BCUT2D eigenvalue weighted by molar-refractivity contribution is 0.0785. The number of nitrogens with two attached hydrogens (primary N) is 1. The number of carbonyl (C=O) groups excluding carboxylic acids is 1. The SMILES string of the molecule is C[C@H]1CN(c2ccncc2NC(=O)c2ccc3ccc(N4CCC(c5ccncc5)CC4)cc3n2)C[C@@H](N)[C@@H]1O. The fourth-order valence-corrected chi connectivity index (χ4v) is 5.99. The van der Waals surface area contributed by atoms with Gasteiger partial charge in [-0.3, -0.25) is 14.8 Å². The summed E-state index contributed by atoms with van der Waals surface area (Å²) in [6.07, 6.45) is 8.71. The van der Waals surface area contributed by atoms with Crippen molar-refractivity contribution in [3.05, 3.63) is 84.6 Å². The molecule has 0 spiro atoms. The van der Waals surface area contributed by atoms with Gasteiger partial charge in [-0.05, 0) is 60.7 Å². The predicted octanol–water partition coefficient (Wildman–Crippen LogP) is 3.81. The fraction of sp³-hybridized carbons (Fsp3) is 0.355. The summed E-state index contributed by atoms with van der Waals surface area (Å²) in [4.78, 5) is 30.9. The number of piperidine rings is 2. The Balaban J connectivity index is 1.17. The lowest BCUT2D eigenvalue weighted by Crippen LogP contribution is -2.55. The average Bonchev–Trinajstić information content (AvgIpc) is 3.00. The molecule has 0 radical (unpaired) electrons. The number of fused-ring (bicyclic) bond motifs is 1. The summed E-state index contributed by atoms with van der Waals surface area (Å²) in [6, 6.07) is 15.7. The van der Waals surface area contributed by atoms with Crippen LogP contribution in [0.15, 0.2) is 73.3 Å². The third-order valence-corrected chi connectivity index (χ3v) is 8.29. The van der Waals surface area contributed by atoms with Gasteiger partial charge in [0.05, 0.1) is 29.2 Å². The minimum Gasteiger partial charge on any atom is -0.391 e. The number of carbonyl (C=O) groups is 1. The van der Waals surface area contributed by atoms with Gasteiger partial charge in [0, 0.05) is 67.8 Å². The van der Waals surface area contributed by atoms with E-state index in [9.17, 15) is 9.90 Å². The Hall–Kier alpha value is -4.08. The Labute approximate surface area is 234 Å². The van der Waals surface area contributed by atoms with E-state index in [1.165, 1.54) is 5.56 Å². The zero-order chi connectivity index (χ0) is 27.6. The first-order chi connectivity index (χ1) is 19.5. The van der Waals surface area contributed by atoms with Crippen molar-refractivity contribution in [3.8, 4) is 0 Å². The molecule has 9 nitrogen and oxygen atoms in total. The molecule has 2 aliphatic rings. The van der Waals surface area contributed by atoms with E-state index in [0.29, 0.717) is 30.4 Å². The highest BCUT2D eigenvalue weighted by molar-refractivity contribution is 6.05. The molecule has 1 amide bonds. The first-order valence-electron chi connectivity index (χ1n) is 14.0. The van der Waals surface area contributed by atoms with Crippen LogP contribution in [-0.4, -0.2) is 64.3 Å². The quantitative estimate of drug-likeness (QED) is 0.352. The third kappa shape index (κ3) is 5.35. The van der Waals surface area contributed by atoms with Gasteiger partial charge in [0.15, 0.2) is 0 Å². The van der Waals surface area contributed by atoms with Gasteiger partial charge in [-0.2, -0.15) is 0 Å². The standard InChI is InChI=1S/C31H35N7O2/c1-20-18-38(19-25(32)30(20)39)29-8-13-34-17-28(29)36-31(40)26-5-3-23-2-4-24(16-27(23)35-26)37-14-9-22(10-15-37)21-6-11-33-12-7-21/h2-8,11-13,16-17,20,22,25,30,39H,9-10,14-15,18-19,32H2,1H3,(H,36,40)/t20-,25+,30+/m0/s1. The summed E-state index contributed by atoms with van der Waals surface area (Å²) in [5, 5.41) is 14.3.